The van der Waals surface area contributed by atoms with Crippen LogP contribution in [0.25, 0.3) is 0 Å². The van der Waals surface area contributed by atoms with Crippen LogP contribution in [0.1, 0.15) is 35.3 Å². The summed E-state index contributed by atoms with van der Waals surface area (Å²) in [4.78, 5) is 14.5. The molecule has 0 saturated heterocycles. The lowest BCUT2D eigenvalue weighted by Gasteiger charge is -2.18. The first-order chi connectivity index (χ1) is 8.53. The number of ketones is 1. The second-order valence-electron chi connectivity index (χ2n) is 4.52. The lowest BCUT2D eigenvalue weighted by Crippen LogP contribution is -2.30. The Balaban J connectivity index is 2.99. The Bertz CT molecular complexity index is 399. The fourth-order valence-corrected chi connectivity index (χ4v) is 2.21. The number of aryl methyl sites for hydroxylation is 2. The molecule has 0 unspecified atom stereocenters. The molecule has 1 rings (SSSR count). The van der Waals surface area contributed by atoms with Crippen LogP contribution in [0.15, 0.2) is 12.1 Å². The average Bonchev–Trinajstić information content (AvgIpc) is 2.34. The van der Waals surface area contributed by atoms with E-state index in [0.717, 1.165) is 35.5 Å². The van der Waals surface area contributed by atoms with Crippen molar-refractivity contribution in [2.45, 2.75) is 27.7 Å². The Morgan fingerprint density at radius 2 is 1.67 bits per heavy atom. The van der Waals surface area contributed by atoms with Crippen LogP contribution in [0.2, 0.25) is 0 Å². The number of hydrogen-bond donors (Lipinski definition) is 0. The maximum absolute atomic E-state index is 12.3. The molecule has 0 aromatic heterocycles. The number of Topliss-reactive ketones (excluding diaryl/α,β-unsaturated/α-hetero) is 1. The fraction of sp³-hybridized carbons (Fsp3) is 0.533. The second-order valence-corrected chi connectivity index (χ2v) is 4.52. The third-order valence-corrected chi connectivity index (χ3v) is 3.28. The zero-order chi connectivity index (χ0) is 13.7. The summed E-state index contributed by atoms with van der Waals surface area (Å²) in [5, 5.41) is 0. The molecule has 0 heterocycles. The summed E-state index contributed by atoms with van der Waals surface area (Å²) in [7, 11) is 1.64. The van der Waals surface area contributed by atoms with Gasteiger partial charge in [-0.15, -0.1) is 0 Å². The van der Waals surface area contributed by atoms with Gasteiger partial charge in [-0.1, -0.05) is 13.8 Å². The normalized spacial score (nSPS) is 10.8. The molecule has 0 amide bonds. The molecule has 0 spiro atoms. The zero-order valence-electron chi connectivity index (χ0n) is 12.0. The van der Waals surface area contributed by atoms with Crippen molar-refractivity contribution in [2.75, 3.05) is 26.7 Å². The van der Waals surface area contributed by atoms with E-state index in [1.54, 1.807) is 7.11 Å². The number of carbonyl (C=O) groups excluding carboxylic acids is 1. The van der Waals surface area contributed by atoms with Gasteiger partial charge in [0.25, 0.3) is 0 Å². The van der Waals surface area contributed by atoms with E-state index in [-0.39, 0.29) is 5.78 Å². The van der Waals surface area contributed by atoms with Gasteiger partial charge in [-0.25, -0.2) is 0 Å². The van der Waals surface area contributed by atoms with Gasteiger partial charge in [-0.3, -0.25) is 9.69 Å². The molecule has 0 radical (unpaired) electrons. The molecular weight excluding hydrogens is 226 g/mol. The maximum Gasteiger partial charge on any atom is 0.177 e. The minimum Gasteiger partial charge on any atom is -0.497 e. The summed E-state index contributed by atoms with van der Waals surface area (Å²) in [5.41, 5.74) is 2.82. The molecule has 0 N–H and O–H groups in total. The van der Waals surface area contributed by atoms with Crippen LogP contribution in [-0.2, 0) is 0 Å². The van der Waals surface area contributed by atoms with Gasteiger partial charge < -0.3 is 4.74 Å². The molecule has 0 bridgehead atoms. The van der Waals surface area contributed by atoms with E-state index in [4.69, 9.17) is 4.74 Å². The standard InChI is InChI=1S/C15H23NO2/c1-6-16(7-2)10-14(17)15-11(3)8-13(18-5)9-12(15)4/h8-9H,6-7,10H2,1-5H3. The van der Waals surface area contributed by atoms with E-state index >= 15 is 0 Å². The summed E-state index contributed by atoms with van der Waals surface area (Å²) in [6, 6.07) is 3.84. The molecule has 0 fully saturated rings. The molecule has 1 aromatic rings. The Hall–Kier alpha value is -1.35. The SMILES string of the molecule is CCN(CC)CC(=O)c1c(C)cc(OC)cc1C. The topological polar surface area (TPSA) is 29.5 Å². The van der Waals surface area contributed by atoms with Crippen LogP contribution in [0.5, 0.6) is 5.75 Å². The van der Waals surface area contributed by atoms with Crippen molar-refractivity contribution in [1.82, 2.24) is 4.90 Å². The number of nitrogens with zero attached hydrogens (tertiary/aromatic N) is 1. The van der Waals surface area contributed by atoms with E-state index in [2.05, 4.69) is 18.7 Å². The molecule has 1 aromatic carbocycles. The summed E-state index contributed by atoms with van der Waals surface area (Å²) in [5.74, 6) is 1.00. The van der Waals surface area contributed by atoms with Gasteiger partial charge in [-0.05, 0) is 50.2 Å². The zero-order valence-corrected chi connectivity index (χ0v) is 12.0. The molecule has 0 aliphatic heterocycles. The van der Waals surface area contributed by atoms with E-state index in [0.29, 0.717) is 6.54 Å². The number of carbonyl (C=O) groups is 1. The minimum atomic E-state index is 0.191. The number of likely N-dealkylation sites (N-methyl/N-ethyl adjacent to an activating group) is 1. The van der Waals surface area contributed by atoms with Crippen molar-refractivity contribution in [3.05, 3.63) is 28.8 Å². The number of benzene rings is 1. The number of ether oxygens (including phenoxy) is 1. The summed E-state index contributed by atoms with van der Waals surface area (Å²) in [6.07, 6.45) is 0. The van der Waals surface area contributed by atoms with E-state index in [1.807, 2.05) is 26.0 Å². The van der Waals surface area contributed by atoms with Crippen LogP contribution in [-0.4, -0.2) is 37.4 Å². The predicted octanol–water partition coefficient (Wildman–Crippen LogP) is 2.84. The first-order valence-electron chi connectivity index (χ1n) is 6.44. The molecule has 3 heteroatoms. The number of methoxy groups -OCH3 is 1. The van der Waals surface area contributed by atoms with Crippen molar-refractivity contribution in [2.24, 2.45) is 0 Å². The molecule has 100 valence electrons. The van der Waals surface area contributed by atoms with Gasteiger partial charge in [0.05, 0.1) is 13.7 Å². The predicted molar refractivity (Wildman–Crippen MR) is 74.6 cm³/mol. The summed E-state index contributed by atoms with van der Waals surface area (Å²) >= 11 is 0. The molecule has 18 heavy (non-hydrogen) atoms. The highest BCUT2D eigenvalue weighted by Gasteiger charge is 2.15. The lowest BCUT2D eigenvalue weighted by molar-refractivity contribution is 0.0936. The molecule has 3 nitrogen and oxygen atoms in total. The Labute approximate surface area is 110 Å². The first kappa shape index (κ1) is 14.7. The second kappa shape index (κ2) is 6.55. The van der Waals surface area contributed by atoms with Crippen molar-refractivity contribution >= 4 is 5.78 Å². The van der Waals surface area contributed by atoms with Crippen molar-refractivity contribution in [1.29, 1.82) is 0 Å². The largest absolute Gasteiger partial charge is 0.497 e. The fourth-order valence-electron chi connectivity index (χ4n) is 2.21. The third-order valence-electron chi connectivity index (χ3n) is 3.28. The van der Waals surface area contributed by atoms with Gasteiger partial charge in [-0.2, -0.15) is 0 Å². The highest BCUT2D eigenvalue weighted by Crippen LogP contribution is 2.22. The van der Waals surface area contributed by atoms with E-state index in [1.165, 1.54) is 0 Å². The monoisotopic (exact) mass is 249 g/mol. The van der Waals surface area contributed by atoms with Crippen LogP contribution in [0.4, 0.5) is 0 Å². The Morgan fingerprint density at radius 1 is 1.17 bits per heavy atom. The van der Waals surface area contributed by atoms with Crippen molar-refractivity contribution in [3.8, 4) is 5.75 Å². The smallest absolute Gasteiger partial charge is 0.177 e. The van der Waals surface area contributed by atoms with Gasteiger partial charge >= 0.3 is 0 Å². The van der Waals surface area contributed by atoms with Crippen LogP contribution in [0, 0.1) is 13.8 Å². The van der Waals surface area contributed by atoms with Gasteiger partial charge in [0, 0.05) is 5.56 Å². The van der Waals surface area contributed by atoms with E-state index in [9.17, 15) is 4.79 Å². The lowest BCUT2D eigenvalue weighted by atomic mass is 9.98. The maximum atomic E-state index is 12.3. The minimum absolute atomic E-state index is 0.191. The van der Waals surface area contributed by atoms with Crippen LogP contribution < -0.4 is 4.74 Å². The molecule has 0 atom stereocenters. The first-order valence-corrected chi connectivity index (χ1v) is 6.44. The van der Waals surface area contributed by atoms with Crippen molar-refractivity contribution < 1.29 is 9.53 Å². The Kier molecular flexibility index (Phi) is 5.35. The Morgan fingerprint density at radius 3 is 2.06 bits per heavy atom. The summed E-state index contributed by atoms with van der Waals surface area (Å²) in [6.45, 7) is 10.4. The average molecular weight is 249 g/mol. The van der Waals surface area contributed by atoms with Crippen LogP contribution in [0.3, 0.4) is 0 Å². The van der Waals surface area contributed by atoms with E-state index < -0.39 is 0 Å². The number of hydrogen-bond acceptors (Lipinski definition) is 3. The van der Waals surface area contributed by atoms with Crippen LogP contribution >= 0.6 is 0 Å². The van der Waals surface area contributed by atoms with Gasteiger partial charge in [0.2, 0.25) is 0 Å². The number of rotatable bonds is 6. The van der Waals surface area contributed by atoms with Crippen molar-refractivity contribution in [3.63, 3.8) is 0 Å². The molecule has 0 saturated carbocycles. The third kappa shape index (κ3) is 3.33. The van der Waals surface area contributed by atoms with Gasteiger partial charge in [0.1, 0.15) is 5.75 Å². The highest BCUT2D eigenvalue weighted by molar-refractivity contribution is 6.00. The molecular formula is C15H23NO2. The molecule has 0 aliphatic rings. The quantitative estimate of drug-likeness (QED) is 0.726. The molecule has 0 aliphatic carbocycles. The summed E-state index contributed by atoms with van der Waals surface area (Å²) < 4.78 is 5.21. The van der Waals surface area contributed by atoms with Gasteiger partial charge in [0.15, 0.2) is 5.78 Å². The highest BCUT2D eigenvalue weighted by atomic mass is 16.5.